The lowest BCUT2D eigenvalue weighted by Gasteiger charge is -2.25. The zero-order valence-electron chi connectivity index (χ0n) is 16.3. The van der Waals surface area contributed by atoms with Crippen LogP contribution in [0.1, 0.15) is 41.4 Å². The number of methoxy groups -OCH3 is 1. The monoisotopic (exact) mass is 405 g/mol. The fourth-order valence-electron chi connectivity index (χ4n) is 3.44. The molecule has 1 aromatic carbocycles. The van der Waals surface area contributed by atoms with E-state index in [1.807, 2.05) is 30.3 Å². The van der Waals surface area contributed by atoms with Crippen LogP contribution in [0.4, 0.5) is 0 Å². The first-order valence-electron chi connectivity index (χ1n) is 9.46. The van der Waals surface area contributed by atoms with Gasteiger partial charge in [0.25, 0.3) is 5.91 Å². The van der Waals surface area contributed by atoms with E-state index in [1.165, 1.54) is 16.6 Å². The summed E-state index contributed by atoms with van der Waals surface area (Å²) in [5, 5.41) is 2.84. The molecule has 0 spiro atoms. The van der Waals surface area contributed by atoms with Crippen molar-refractivity contribution >= 4 is 15.9 Å². The molecule has 1 aromatic heterocycles. The lowest BCUT2D eigenvalue weighted by molar-refractivity contribution is 0.0822. The minimum absolute atomic E-state index is 0.161. The first kappa shape index (κ1) is 20.6. The van der Waals surface area contributed by atoms with Crippen molar-refractivity contribution in [3.8, 4) is 0 Å². The summed E-state index contributed by atoms with van der Waals surface area (Å²) in [6.07, 6.45) is 4.02. The van der Waals surface area contributed by atoms with E-state index in [0.717, 1.165) is 24.8 Å². The Morgan fingerprint density at radius 1 is 1.18 bits per heavy atom. The number of benzene rings is 1. The van der Waals surface area contributed by atoms with Gasteiger partial charge >= 0.3 is 0 Å². The molecule has 2 aromatic rings. The summed E-state index contributed by atoms with van der Waals surface area (Å²) in [7, 11) is -0.300. The summed E-state index contributed by atoms with van der Waals surface area (Å²) >= 11 is 0. The molecule has 0 radical (unpaired) electrons. The Hall–Kier alpha value is -2.16. The highest BCUT2D eigenvalue weighted by atomic mass is 32.2. The van der Waals surface area contributed by atoms with Gasteiger partial charge in [0.05, 0.1) is 6.10 Å². The Morgan fingerprint density at radius 3 is 2.50 bits per heavy atom. The second-order valence-electron chi connectivity index (χ2n) is 6.98. The van der Waals surface area contributed by atoms with E-state index in [1.54, 1.807) is 18.7 Å². The average Bonchev–Trinajstić information content (AvgIpc) is 3.12. The fraction of sp³-hybridized carbons (Fsp3) is 0.450. The van der Waals surface area contributed by atoms with Crippen LogP contribution < -0.4 is 5.32 Å². The van der Waals surface area contributed by atoms with Gasteiger partial charge in [-0.2, -0.15) is 4.31 Å². The molecule has 1 aliphatic rings. The van der Waals surface area contributed by atoms with Crippen molar-refractivity contribution in [3.05, 3.63) is 53.9 Å². The van der Waals surface area contributed by atoms with Gasteiger partial charge in [-0.3, -0.25) is 4.79 Å². The number of piperidine rings is 1. The number of aryl methyl sites for hydroxylation is 1. The van der Waals surface area contributed by atoms with Gasteiger partial charge in [-0.25, -0.2) is 8.42 Å². The van der Waals surface area contributed by atoms with Crippen molar-refractivity contribution < 1.29 is 17.9 Å². The van der Waals surface area contributed by atoms with Crippen LogP contribution in [0.3, 0.4) is 0 Å². The first-order valence-corrected chi connectivity index (χ1v) is 10.9. The summed E-state index contributed by atoms with van der Waals surface area (Å²) in [6, 6.07) is 11.1. The number of hydrogen-bond acceptors (Lipinski definition) is 4. The Kier molecular flexibility index (Phi) is 6.53. The van der Waals surface area contributed by atoms with Gasteiger partial charge in [-0.1, -0.05) is 36.8 Å². The van der Waals surface area contributed by atoms with E-state index in [-0.39, 0.29) is 16.9 Å². The number of carbonyl (C=O) groups excluding carboxylic acids is 1. The van der Waals surface area contributed by atoms with Gasteiger partial charge in [0.15, 0.2) is 0 Å². The van der Waals surface area contributed by atoms with Crippen LogP contribution in [0.25, 0.3) is 0 Å². The van der Waals surface area contributed by atoms with Crippen molar-refractivity contribution in [3.63, 3.8) is 0 Å². The molecule has 1 N–H and O–H groups in total. The Morgan fingerprint density at radius 2 is 1.86 bits per heavy atom. The molecule has 28 heavy (non-hydrogen) atoms. The molecule has 0 bridgehead atoms. The van der Waals surface area contributed by atoms with Crippen LogP contribution in [0.5, 0.6) is 0 Å². The second-order valence-corrected chi connectivity index (χ2v) is 8.92. The maximum atomic E-state index is 12.8. The molecule has 1 atom stereocenters. The summed E-state index contributed by atoms with van der Waals surface area (Å²) in [4.78, 5) is 12.8. The Bertz CT molecular complexity index is 903. The Balaban J connectivity index is 1.71. The fourth-order valence-corrected chi connectivity index (χ4v) is 5.03. The third-order valence-electron chi connectivity index (χ3n) is 5.07. The molecule has 1 saturated heterocycles. The molecule has 8 heteroatoms. The third-order valence-corrected chi connectivity index (χ3v) is 6.93. The minimum Gasteiger partial charge on any atom is -0.375 e. The number of carbonyl (C=O) groups is 1. The van der Waals surface area contributed by atoms with Crippen LogP contribution >= 0.6 is 0 Å². The van der Waals surface area contributed by atoms with Crippen LogP contribution in [-0.4, -0.2) is 49.9 Å². The van der Waals surface area contributed by atoms with Gasteiger partial charge in [-0.15, -0.1) is 0 Å². The molecule has 1 amide bonds. The molecular weight excluding hydrogens is 378 g/mol. The number of amides is 1. The molecule has 1 unspecified atom stereocenters. The van der Waals surface area contributed by atoms with Crippen molar-refractivity contribution in [1.82, 2.24) is 14.2 Å². The van der Waals surface area contributed by atoms with Crippen molar-refractivity contribution in [2.24, 2.45) is 7.05 Å². The lowest BCUT2D eigenvalue weighted by Crippen LogP contribution is -2.35. The predicted octanol–water partition coefficient (Wildman–Crippen LogP) is 2.32. The van der Waals surface area contributed by atoms with Gasteiger partial charge in [0.1, 0.15) is 10.6 Å². The SMILES string of the molecule is COC(CNC(=O)c1cc(S(=O)(=O)N2CCCCC2)cn1C)c1ccccc1. The first-order chi connectivity index (χ1) is 13.4. The average molecular weight is 406 g/mol. The zero-order chi connectivity index (χ0) is 20.1. The van der Waals surface area contributed by atoms with Gasteiger partial charge in [-0.05, 0) is 24.5 Å². The van der Waals surface area contributed by atoms with Gasteiger partial charge in [0.2, 0.25) is 10.0 Å². The number of aromatic nitrogens is 1. The quantitative estimate of drug-likeness (QED) is 0.767. The van der Waals surface area contributed by atoms with E-state index >= 15 is 0 Å². The van der Waals surface area contributed by atoms with Crippen molar-refractivity contribution in [2.75, 3.05) is 26.7 Å². The van der Waals surface area contributed by atoms with E-state index in [4.69, 9.17) is 4.74 Å². The standard InChI is InChI=1S/C20H27N3O4S/c1-22-15-17(28(25,26)23-11-7-4-8-12-23)13-18(22)20(24)21-14-19(27-2)16-9-5-3-6-10-16/h3,5-6,9-10,13,15,19H,4,7-8,11-12,14H2,1-2H3,(H,21,24). The normalized spacial score (nSPS) is 16.6. The molecule has 2 heterocycles. The van der Waals surface area contributed by atoms with E-state index in [0.29, 0.717) is 25.3 Å². The molecule has 0 aliphatic carbocycles. The Labute approximate surface area is 166 Å². The van der Waals surface area contributed by atoms with E-state index < -0.39 is 10.0 Å². The molecule has 152 valence electrons. The van der Waals surface area contributed by atoms with Crippen LogP contribution in [-0.2, 0) is 21.8 Å². The topological polar surface area (TPSA) is 80.6 Å². The van der Waals surface area contributed by atoms with Crippen molar-refractivity contribution in [1.29, 1.82) is 0 Å². The maximum Gasteiger partial charge on any atom is 0.268 e. The number of nitrogens with one attached hydrogen (secondary N) is 1. The summed E-state index contributed by atoms with van der Waals surface area (Å²) < 4.78 is 34.2. The number of rotatable bonds is 7. The molecule has 0 saturated carbocycles. The summed E-state index contributed by atoms with van der Waals surface area (Å²) in [6.45, 7) is 1.36. The van der Waals surface area contributed by atoms with Crippen LogP contribution in [0.2, 0.25) is 0 Å². The highest BCUT2D eigenvalue weighted by Crippen LogP contribution is 2.22. The third kappa shape index (κ3) is 4.45. The second kappa shape index (κ2) is 8.89. The number of sulfonamides is 1. The lowest BCUT2D eigenvalue weighted by atomic mass is 10.1. The molecule has 1 fully saturated rings. The smallest absolute Gasteiger partial charge is 0.268 e. The molecule has 3 rings (SSSR count). The van der Waals surface area contributed by atoms with E-state index in [9.17, 15) is 13.2 Å². The highest BCUT2D eigenvalue weighted by molar-refractivity contribution is 7.89. The largest absolute Gasteiger partial charge is 0.375 e. The number of ether oxygens (including phenoxy) is 1. The molecule has 7 nitrogen and oxygen atoms in total. The van der Waals surface area contributed by atoms with Crippen LogP contribution in [0, 0.1) is 0 Å². The summed E-state index contributed by atoms with van der Waals surface area (Å²) in [5.74, 6) is -0.333. The molecule has 1 aliphatic heterocycles. The van der Waals surface area contributed by atoms with Gasteiger partial charge < -0.3 is 14.6 Å². The van der Waals surface area contributed by atoms with E-state index in [2.05, 4.69) is 5.32 Å². The highest BCUT2D eigenvalue weighted by Gasteiger charge is 2.28. The summed E-state index contributed by atoms with van der Waals surface area (Å²) in [5.41, 5.74) is 1.27. The number of nitrogens with zero attached hydrogens (tertiary/aromatic N) is 2. The zero-order valence-corrected chi connectivity index (χ0v) is 17.1. The molecular formula is C20H27N3O4S. The predicted molar refractivity (Wildman–Crippen MR) is 107 cm³/mol. The number of hydrogen-bond donors (Lipinski definition) is 1. The maximum absolute atomic E-state index is 12.8. The van der Waals surface area contributed by atoms with Crippen LogP contribution in [0.15, 0.2) is 47.5 Å². The van der Waals surface area contributed by atoms with Gasteiger partial charge in [0, 0.05) is 40.0 Å². The minimum atomic E-state index is -3.57. The van der Waals surface area contributed by atoms with Crippen molar-refractivity contribution in [2.45, 2.75) is 30.3 Å².